The Morgan fingerprint density at radius 3 is 2.47 bits per heavy atom. The fraction of sp³-hybridized carbons (Fsp3) is 0.269. The van der Waals surface area contributed by atoms with Crippen LogP contribution in [0.1, 0.15) is 23.1 Å². The molecule has 2 heterocycles. The van der Waals surface area contributed by atoms with Gasteiger partial charge in [0.2, 0.25) is 12.3 Å². The Bertz CT molecular complexity index is 1100. The molecule has 4 rings (SSSR count). The Kier molecular flexibility index (Phi) is 9.82. The Hall–Kier alpha value is -3.92. The summed E-state index contributed by atoms with van der Waals surface area (Å²) in [5.41, 5.74) is 1.63. The van der Waals surface area contributed by atoms with Crippen molar-refractivity contribution >= 4 is 23.7 Å². The summed E-state index contributed by atoms with van der Waals surface area (Å²) in [6.45, 7) is 1.76. The lowest BCUT2D eigenvalue weighted by Gasteiger charge is -2.14. The number of nitrogens with zero attached hydrogens (tertiary/aromatic N) is 1. The summed E-state index contributed by atoms with van der Waals surface area (Å²) < 4.78 is 43.8. The molecule has 3 aromatic rings. The van der Waals surface area contributed by atoms with E-state index < -0.39 is 11.7 Å². The number of pyridine rings is 1. The van der Waals surface area contributed by atoms with Gasteiger partial charge in [-0.2, -0.15) is 13.2 Å². The van der Waals surface area contributed by atoms with Crippen LogP contribution in [0.5, 0.6) is 0 Å². The van der Waals surface area contributed by atoms with Gasteiger partial charge in [0.05, 0.1) is 30.3 Å². The van der Waals surface area contributed by atoms with Crippen LogP contribution in [0.3, 0.4) is 0 Å². The second-order valence-corrected chi connectivity index (χ2v) is 8.03. The van der Waals surface area contributed by atoms with Crippen molar-refractivity contribution in [3.05, 3.63) is 89.7 Å². The van der Waals surface area contributed by atoms with Crippen molar-refractivity contribution in [2.24, 2.45) is 0 Å². The first-order valence-corrected chi connectivity index (χ1v) is 11.3. The first-order chi connectivity index (χ1) is 17.3. The van der Waals surface area contributed by atoms with Gasteiger partial charge in [-0.25, -0.2) is 0 Å². The molecule has 7 nitrogen and oxygen atoms in total. The monoisotopic (exact) mass is 500 g/mol. The summed E-state index contributed by atoms with van der Waals surface area (Å²) >= 11 is 0. The highest BCUT2D eigenvalue weighted by Crippen LogP contribution is 2.35. The van der Waals surface area contributed by atoms with E-state index in [4.69, 9.17) is 4.74 Å². The predicted octanol–water partition coefficient (Wildman–Crippen LogP) is 4.22. The molecule has 2 amide bonds. The average molecular weight is 501 g/mol. The number of amides is 2. The molecule has 10 heteroatoms. The van der Waals surface area contributed by atoms with E-state index in [0.29, 0.717) is 31.7 Å². The van der Waals surface area contributed by atoms with Gasteiger partial charge in [0.15, 0.2) is 0 Å². The van der Waals surface area contributed by atoms with Crippen molar-refractivity contribution in [1.82, 2.24) is 15.6 Å². The first kappa shape index (κ1) is 26.7. The van der Waals surface area contributed by atoms with Crippen LogP contribution < -0.4 is 16.0 Å². The Balaban J connectivity index is 0.000000212. The van der Waals surface area contributed by atoms with Gasteiger partial charge in [-0.1, -0.05) is 30.3 Å². The van der Waals surface area contributed by atoms with E-state index in [9.17, 15) is 22.8 Å². The van der Waals surface area contributed by atoms with Crippen LogP contribution in [-0.2, 0) is 33.5 Å². The second kappa shape index (κ2) is 13.2. The Morgan fingerprint density at radius 2 is 1.83 bits per heavy atom. The highest BCUT2D eigenvalue weighted by atomic mass is 19.4. The van der Waals surface area contributed by atoms with Gasteiger partial charge < -0.3 is 20.7 Å². The minimum Gasteiger partial charge on any atom is -0.379 e. The highest BCUT2D eigenvalue weighted by Gasteiger charge is 2.33. The molecule has 1 fully saturated rings. The van der Waals surface area contributed by atoms with E-state index in [-0.39, 0.29) is 17.6 Å². The number of hydrogen-bond acceptors (Lipinski definition) is 5. The van der Waals surface area contributed by atoms with Crippen LogP contribution in [0.4, 0.5) is 24.5 Å². The lowest BCUT2D eigenvalue weighted by Crippen LogP contribution is -2.36. The van der Waals surface area contributed by atoms with Gasteiger partial charge in [-0.05, 0) is 47.9 Å². The van der Waals surface area contributed by atoms with Crippen LogP contribution in [0, 0.1) is 0 Å². The summed E-state index contributed by atoms with van der Waals surface area (Å²) in [4.78, 5) is 25.7. The molecule has 0 radical (unpaired) electrons. The smallest absolute Gasteiger partial charge is 0.379 e. The van der Waals surface area contributed by atoms with Gasteiger partial charge in [-0.15, -0.1) is 0 Å². The van der Waals surface area contributed by atoms with Crippen molar-refractivity contribution < 1.29 is 27.5 Å². The summed E-state index contributed by atoms with van der Waals surface area (Å²) in [6, 6.07) is 16.0. The average Bonchev–Trinajstić information content (AvgIpc) is 3.37. The summed E-state index contributed by atoms with van der Waals surface area (Å²) in [7, 11) is 0. The van der Waals surface area contributed by atoms with Crippen LogP contribution in [0.2, 0.25) is 0 Å². The molecule has 190 valence electrons. The van der Waals surface area contributed by atoms with Crippen molar-refractivity contribution in [2.75, 3.05) is 18.5 Å². The molecule has 1 saturated heterocycles. The lowest BCUT2D eigenvalue weighted by atomic mass is 10.1. The molecular weight excluding hydrogens is 473 g/mol. The lowest BCUT2D eigenvalue weighted by molar-refractivity contribution is -0.137. The maximum absolute atomic E-state index is 12.9. The number of benzene rings is 2. The van der Waals surface area contributed by atoms with E-state index in [1.807, 2.05) is 12.1 Å². The first-order valence-electron chi connectivity index (χ1n) is 11.3. The van der Waals surface area contributed by atoms with Crippen molar-refractivity contribution in [3.8, 4) is 0 Å². The van der Waals surface area contributed by atoms with Gasteiger partial charge in [0.1, 0.15) is 0 Å². The molecule has 1 unspecified atom stereocenters. The number of carbonyl (C=O) groups is 2. The highest BCUT2D eigenvalue weighted by molar-refractivity contribution is 5.78. The fourth-order valence-corrected chi connectivity index (χ4v) is 3.48. The maximum Gasteiger partial charge on any atom is 0.418 e. The third kappa shape index (κ3) is 8.70. The summed E-state index contributed by atoms with van der Waals surface area (Å²) in [5.74, 6) is 0.0403. The third-order valence-electron chi connectivity index (χ3n) is 5.24. The minimum atomic E-state index is -4.41. The topological polar surface area (TPSA) is 92.3 Å². The molecule has 36 heavy (non-hydrogen) atoms. The van der Waals surface area contributed by atoms with E-state index >= 15 is 0 Å². The molecule has 3 N–H and O–H groups in total. The van der Waals surface area contributed by atoms with Crippen molar-refractivity contribution in [3.63, 3.8) is 0 Å². The normalized spacial score (nSPS) is 14.8. The van der Waals surface area contributed by atoms with Gasteiger partial charge >= 0.3 is 6.18 Å². The van der Waals surface area contributed by atoms with E-state index in [2.05, 4.69) is 20.9 Å². The van der Waals surface area contributed by atoms with Crippen molar-refractivity contribution in [2.45, 2.75) is 31.6 Å². The largest absolute Gasteiger partial charge is 0.418 e. The zero-order chi connectivity index (χ0) is 25.8. The van der Waals surface area contributed by atoms with Crippen LogP contribution in [-0.4, -0.2) is 36.6 Å². The molecule has 1 aliphatic rings. The number of aromatic nitrogens is 1. The molecule has 1 aromatic heterocycles. The third-order valence-corrected chi connectivity index (χ3v) is 5.24. The van der Waals surface area contributed by atoms with Gasteiger partial charge in [-0.3, -0.25) is 14.6 Å². The van der Waals surface area contributed by atoms with Crippen LogP contribution in [0.25, 0.3) is 0 Å². The SMILES string of the molecule is O=C(Cc1cccnc1)NC1CCOC1.O=CNCc1ccc(Nc2ccccc2C(F)(F)F)cc1. The van der Waals surface area contributed by atoms with E-state index in [1.165, 1.54) is 12.1 Å². The van der Waals surface area contributed by atoms with Gasteiger partial charge in [0, 0.05) is 31.2 Å². The number of halogens is 3. The molecule has 0 spiro atoms. The zero-order valence-corrected chi connectivity index (χ0v) is 19.4. The molecule has 0 bridgehead atoms. The number of ether oxygens (including phenoxy) is 1. The number of para-hydroxylation sites is 1. The number of hydrogen-bond donors (Lipinski definition) is 3. The number of carbonyl (C=O) groups excluding carboxylic acids is 2. The Morgan fingerprint density at radius 1 is 1.06 bits per heavy atom. The quantitative estimate of drug-likeness (QED) is 0.403. The van der Waals surface area contributed by atoms with Crippen LogP contribution in [0.15, 0.2) is 73.1 Å². The molecule has 0 aliphatic carbocycles. The second-order valence-electron chi connectivity index (χ2n) is 8.03. The van der Waals surface area contributed by atoms with Crippen LogP contribution >= 0.6 is 0 Å². The van der Waals surface area contributed by atoms with Crippen molar-refractivity contribution in [1.29, 1.82) is 0 Å². The molecule has 1 atom stereocenters. The zero-order valence-electron chi connectivity index (χ0n) is 19.4. The van der Waals surface area contributed by atoms with E-state index in [0.717, 1.165) is 30.2 Å². The standard InChI is InChI=1S/C15H13F3N2O.C11H14N2O2/c16-15(17,18)13-3-1-2-4-14(13)20-12-7-5-11(6-8-12)9-19-10-21;14-11(13-10-3-5-15-8-10)6-9-2-1-4-12-7-9/h1-8,10,20H,9H2,(H,19,21);1-2,4,7,10H,3,5-6,8H2,(H,13,14). The molecule has 2 aromatic carbocycles. The maximum atomic E-state index is 12.9. The summed E-state index contributed by atoms with van der Waals surface area (Å²) in [5, 5.41) is 8.20. The number of anilines is 2. The fourth-order valence-electron chi connectivity index (χ4n) is 3.48. The molecule has 1 aliphatic heterocycles. The Labute approximate surface area is 207 Å². The van der Waals surface area contributed by atoms with E-state index in [1.54, 1.807) is 42.7 Å². The molecular formula is C26H27F3N4O3. The number of rotatable bonds is 8. The number of alkyl halides is 3. The molecule has 0 saturated carbocycles. The van der Waals surface area contributed by atoms with Gasteiger partial charge in [0.25, 0.3) is 0 Å². The minimum absolute atomic E-state index is 0.00349. The predicted molar refractivity (Wildman–Crippen MR) is 129 cm³/mol. The number of nitrogens with one attached hydrogen (secondary N) is 3. The summed E-state index contributed by atoms with van der Waals surface area (Å²) in [6.07, 6.45) is 0.906.